The van der Waals surface area contributed by atoms with Gasteiger partial charge in [0.2, 0.25) is 0 Å². The second kappa shape index (κ2) is 9.95. The van der Waals surface area contributed by atoms with Gasteiger partial charge >= 0.3 is 12.1 Å². The number of aliphatic hydroxyl groups is 2. The summed E-state index contributed by atoms with van der Waals surface area (Å²) in [5, 5.41) is 45.6. The highest BCUT2D eigenvalue weighted by Crippen LogP contribution is 2.41. The summed E-state index contributed by atoms with van der Waals surface area (Å²) in [6, 6.07) is 7.09. The Hall–Kier alpha value is -3.58. The average molecular weight is 442 g/mol. The van der Waals surface area contributed by atoms with E-state index in [-0.39, 0.29) is 32.0 Å². The lowest BCUT2D eigenvalue weighted by Crippen LogP contribution is -2.29. The number of nitro groups is 1. The molecule has 0 atom stereocenters. The predicted octanol–water partition coefficient (Wildman–Crippen LogP) is 3.52. The van der Waals surface area contributed by atoms with Crippen LogP contribution in [0.2, 0.25) is 0 Å². The number of anilines is 1. The summed E-state index contributed by atoms with van der Waals surface area (Å²) in [6.07, 6.45) is -5.18. The molecule has 0 fully saturated rings. The number of alkyl halides is 3. The normalized spacial score (nSPS) is 11.6. The number of halogens is 3. The number of aliphatic hydroxyl groups excluding tert-OH is 2. The molecule has 0 aliphatic rings. The fourth-order valence-electron chi connectivity index (χ4n) is 2.71. The Morgan fingerprint density at radius 3 is 2.03 bits per heavy atom. The van der Waals surface area contributed by atoms with Crippen LogP contribution in [0, 0.1) is 10.1 Å². The molecule has 3 N–H and O–H groups in total. The van der Waals surface area contributed by atoms with Crippen molar-refractivity contribution in [2.45, 2.75) is 6.18 Å². The highest BCUT2D eigenvalue weighted by atomic mass is 19.4. The van der Waals surface area contributed by atoms with E-state index in [0.29, 0.717) is 17.8 Å². The van der Waals surface area contributed by atoms with E-state index in [1.165, 1.54) is 12.1 Å². The number of carbonyl (C=O) groups is 1. The van der Waals surface area contributed by atoms with Gasteiger partial charge in [0.15, 0.2) is 0 Å². The van der Waals surface area contributed by atoms with Gasteiger partial charge in [0, 0.05) is 18.8 Å². The number of rotatable bonds is 9. The van der Waals surface area contributed by atoms with Gasteiger partial charge in [-0.1, -0.05) is 0 Å². The van der Waals surface area contributed by atoms with Crippen molar-refractivity contribution in [2.24, 2.45) is 10.2 Å². The number of carboxylic acids is 1. The minimum Gasteiger partial charge on any atom is -0.477 e. The first kappa shape index (κ1) is 23.7. The lowest BCUT2D eigenvalue weighted by molar-refractivity contribution is -0.388. The summed E-state index contributed by atoms with van der Waals surface area (Å²) >= 11 is 0. The number of carboxylic acid groups (broad SMARTS) is 1. The maximum absolute atomic E-state index is 13.2. The van der Waals surface area contributed by atoms with Gasteiger partial charge < -0.3 is 20.2 Å². The molecule has 166 valence electrons. The van der Waals surface area contributed by atoms with E-state index in [1.54, 1.807) is 17.0 Å². The molecule has 2 aromatic rings. The molecule has 13 heteroatoms. The van der Waals surface area contributed by atoms with Crippen LogP contribution in [0.3, 0.4) is 0 Å². The van der Waals surface area contributed by atoms with Crippen LogP contribution in [-0.2, 0) is 6.18 Å². The molecule has 0 aromatic heterocycles. The zero-order chi connectivity index (χ0) is 23.2. The van der Waals surface area contributed by atoms with E-state index in [1.807, 2.05) is 0 Å². The third-order valence-corrected chi connectivity index (χ3v) is 4.05. The first-order valence-corrected chi connectivity index (χ1v) is 8.70. The van der Waals surface area contributed by atoms with E-state index in [2.05, 4.69) is 10.2 Å². The molecule has 0 heterocycles. The van der Waals surface area contributed by atoms with E-state index in [4.69, 9.17) is 15.3 Å². The van der Waals surface area contributed by atoms with Gasteiger partial charge in [0.05, 0.1) is 29.5 Å². The van der Waals surface area contributed by atoms with E-state index < -0.39 is 39.6 Å². The minimum atomic E-state index is -5.18. The van der Waals surface area contributed by atoms with Gasteiger partial charge in [-0.15, -0.1) is 0 Å². The highest BCUT2D eigenvalue weighted by molar-refractivity contribution is 5.94. The molecule has 0 radical (unpaired) electrons. The second-order valence-electron chi connectivity index (χ2n) is 6.10. The van der Waals surface area contributed by atoms with Crippen molar-refractivity contribution in [2.75, 3.05) is 31.2 Å². The fraction of sp³-hybridized carbons (Fsp3) is 0.278. The topological polar surface area (TPSA) is 149 Å². The van der Waals surface area contributed by atoms with Gasteiger partial charge in [0.25, 0.3) is 5.69 Å². The van der Waals surface area contributed by atoms with Crippen LogP contribution < -0.4 is 4.90 Å². The Kier molecular flexibility index (Phi) is 7.61. The Morgan fingerprint density at radius 1 is 1.03 bits per heavy atom. The van der Waals surface area contributed by atoms with Crippen LogP contribution in [0.1, 0.15) is 15.9 Å². The monoisotopic (exact) mass is 442 g/mol. The molecule has 0 bridgehead atoms. The van der Waals surface area contributed by atoms with Gasteiger partial charge in [-0.2, -0.15) is 23.4 Å². The Morgan fingerprint density at radius 2 is 1.58 bits per heavy atom. The number of nitro benzene ring substituents is 1. The summed E-state index contributed by atoms with van der Waals surface area (Å²) in [5.41, 5.74) is -4.15. The summed E-state index contributed by atoms with van der Waals surface area (Å²) < 4.78 is 39.7. The highest BCUT2D eigenvalue weighted by Gasteiger charge is 2.41. The number of aromatic carboxylic acids is 1. The predicted molar refractivity (Wildman–Crippen MR) is 102 cm³/mol. The van der Waals surface area contributed by atoms with Gasteiger partial charge in [0.1, 0.15) is 11.1 Å². The molecule has 0 aliphatic carbocycles. The molecule has 2 rings (SSSR count). The molecule has 0 amide bonds. The Labute approximate surface area is 173 Å². The molecule has 10 nitrogen and oxygen atoms in total. The quantitative estimate of drug-likeness (QED) is 0.306. The standard InChI is InChI=1S/C18H17F3N4O6/c19-18(20,21)15-10-12(9-14(17(28)29)16(15)25(30)31)23-22-11-1-3-13(4-2-11)24(5-7-26)6-8-27/h1-4,9-10,26-27H,5-8H2,(H,28,29). The minimum absolute atomic E-state index is 0.144. The van der Waals surface area contributed by atoms with Crippen molar-refractivity contribution in [1.82, 2.24) is 0 Å². The first-order chi connectivity index (χ1) is 14.6. The maximum atomic E-state index is 13.2. The van der Waals surface area contributed by atoms with Gasteiger partial charge in [-0.05, 0) is 36.4 Å². The van der Waals surface area contributed by atoms with Crippen LogP contribution in [0.5, 0.6) is 0 Å². The van der Waals surface area contributed by atoms with Crippen molar-refractivity contribution in [3.8, 4) is 0 Å². The Balaban J connectivity index is 2.41. The second-order valence-corrected chi connectivity index (χ2v) is 6.10. The van der Waals surface area contributed by atoms with Crippen LogP contribution in [-0.4, -0.2) is 52.5 Å². The van der Waals surface area contributed by atoms with Crippen molar-refractivity contribution in [1.29, 1.82) is 0 Å². The molecule has 0 saturated heterocycles. The molecule has 0 saturated carbocycles. The summed E-state index contributed by atoms with van der Waals surface area (Å²) in [7, 11) is 0. The molecule has 0 spiro atoms. The molecular formula is C18H17F3N4O6. The van der Waals surface area contributed by atoms with Crippen molar-refractivity contribution in [3.05, 3.63) is 57.6 Å². The maximum Gasteiger partial charge on any atom is 0.423 e. The summed E-state index contributed by atoms with van der Waals surface area (Å²) in [4.78, 5) is 22.6. The van der Waals surface area contributed by atoms with Crippen LogP contribution in [0.15, 0.2) is 46.6 Å². The number of benzene rings is 2. The molecular weight excluding hydrogens is 425 g/mol. The molecule has 0 aliphatic heterocycles. The zero-order valence-corrected chi connectivity index (χ0v) is 15.8. The Bertz CT molecular complexity index is 973. The zero-order valence-electron chi connectivity index (χ0n) is 15.8. The summed E-state index contributed by atoms with van der Waals surface area (Å²) in [6.45, 7) is 0.245. The molecule has 2 aromatic carbocycles. The molecule has 31 heavy (non-hydrogen) atoms. The van der Waals surface area contributed by atoms with Crippen molar-refractivity contribution >= 4 is 28.7 Å². The van der Waals surface area contributed by atoms with Crippen LogP contribution in [0.4, 0.5) is 35.9 Å². The van der Waals surface area contributed by atoms with Gasteiger partial charge in [-0.25, -0.2) is 4.79 Å². The van der Waals surface area contributed by atoms with Crippen molar-refractivity contribution < 1.29 is 38.2 Å². The SMILES string of the molecule is O=C(O)c1cc(N=Nc2ccc(N(CCO)CCO)cc2)cc(C(F)(F)F)c1[N+](=O)[O-]. The number of hydrogen-bond donors (Lipinski definition) is 3. The van der Waals surface area contributed by atoms with Crippen LogP contribution in [0.25, 0.3) is 0 Å². The third-order valence-electron chi connectivity index (χ3n) is 4.05. The van der Waals surface area contributed by atoms with E-state index >= 15 is 0 Å². The third kappa shape index (κ3) is 5.96. The van der Waals surface area contributed by atoms with Crippen LogP contribution >= 0.6 is 0 Å². The largest absolute Gasteiger partial charge is 0.477 e. The average Bonchev–Trinajstić information content (AvgIpc) is 2.71. The number of azo groups is 1. The van der Waals surface area contributed by atoms with E-state index in [9.17, 15) is 28.1 Å². The van der Waals surface area contributed by atoms with Gasteiger partial charge in [-0.3, -0.25) is 10.1 Å². The lowest BCUT2D eigenvalue weighted by atomic mass is 10.1. The summed E-state index contributed by atoms with van der Waals surface area (Å²) in [5.74, 6) is -1.91. The smallest absolute Gasteiger partial charge is 0.423 e. The van der Waals surface area contributed by atoms with Crippen molar-refractivity contribution in [3.63, 3.8) is 0 Å². The fourth-order valence-corrected chi connectivity index (χ4v) is 2.71. The van der Waals surface area contributed by atoms with E-state index in [0.717, 1.165) is 0 Å². The first-order valence-electron chi connectivity index (χ1n) is 8.70. The number of hydrogen-bond acceptors (Lipinski definition) is 8. The number of nitrogens with zero attached hydrogens (tertiary/aromatic N) is 4. The lowest BCUT2D eigenvalue weighted by Gasteiger charge is -2.22. The molecule has 0 unspecified atom stereocenters.